The van der Waals surface area contributed by atoms with E-state index < -0.39 is 5.82 Å². The lowest BCUT2D eigenvalue weighted by atomic mass is 10.2. The Bertz CT molecular complexity index is 275. The lowest BCUT2D eigenvalue weighted by Crippen LogP contribution is -1.87. The number of hydrogen-bond acceptors (Lipinski definition) is 1. The van der Waals surface area contributed by atoms with Crippen molar-refractivity contribution in [3.63, 3.8) is 0 Å². The first-order valence-electron chi connectivity index (χ1n) is 2.89. The van der Waals surface area contributed by atoms with E-state index in [1.54, 1.807) is 0 Å². The average Bonchev–Trinajstić information content (AvgIpc) is 1.97. The van der Waals surface area contributed by atoms with Gasteiger partial charge in [0.1, 0.15) is 5.82 Å². The Labute approximate surface area is 73.4 Å². The van der Waals surface area contributed by atoms with E-state index in [1.807, 2.05) is 0 Å². The van der Waals surface area contributed by atoms with E-state index in [1.165, 1.54) is 6.07 Å². The molecule has 0 aliphatic carbocycles. The summed E-state index contributed by atoms with van der Waals surface area (Å²) in [5.41, 5.74) is 0.429. The van der Waals surface area contributed by atoms with Crippen LogP contribution in [0.4, 0.5) is 4.39 Å². The smallest absolute Gasteiger partial charge is 0.143 e. The normalized spacial score (nSPS) is 10.2. The van der Waals surface area contributed by atoms with Crippen molar-refractivity contribution in [1.82, 2.24) is 0 Å². The van der Waals surface area contributed by atoms with Crippen LogP contribution in [0, 0.1) is 5.82 Å². The Hall–Kier alpha value is -0.310. The van der Waals surface area contributed by atoms with Gasteiger partial charge in [-0.2, -0.15) is 0 Å². The number of halogens is 3. The molecule has 1 rings (SSSR count). The lowest BCUT2D eigenvalue weighted by Gasteiger charge is -2.00. The molecule has 0 aliphatic heterocycles. The molecule has 0 saturated heterocycles. The fourth-order valence-electron chi connectivity index (χ4n) is 0.685. The molecule has 60 valence electrons. The van der Waals surface area contributed by atoms with E-state index in [2.05, 4.69) is 0 Å². The second-order valence-corrected chi connectivity index (χ2v) is 2.83. The molecular weight excluding hydrogens is 190 g/mol. The molecule has 0 saturated carbocycles. The fourth-order valence-corrected chi connectivity index (χ4v) is 1.08. The predicted molar refractivity (Wildman–Crippen MR) is 42.3 cm³/mol. The van der Waals surface area contributed by atoms with Gasteiger partial charge in [0.05, 0.1) is 11.6 Å². The van der Waals surface area contributed by atoms with Crippen molar-refractivity contribution in [2.75, 3.05) is 0 Å². The molecule has 1 aromatic rings. The van der Waals surface area contributed by atoms with Crippen LogP contribution < -0.4 is 0 Å². The monoisotopic (exact) mass is 194 g/mol. The predicted octanol–water partition coefficient (Wildman–Crippen LogP) is 2.62. The van der Waals surface area contributed by atoms with Gasteiger partial charge in [-0.1, -0.05) is 23.2 Å². The quantitative estimate of drug-likeness (QED) is 0.682. The van der Waals surface area contributed by atoms with Crippen molar-refractivity contribution in [2.45, 2.75) is 6.61 Å². The summed E-state index contributed by atoms with van der Waals surface area (Å²) in [5, 5.41) is 8.83. The van der Waals surface area contributed by atoms with Crippen molar-refractivity contribution in [2.24, 2.45) is 0 Å². The van der Waals surface area contributed by atoms with Crippen LogP contribution in [0.2, 0.25) is 10.0 Å². The van der Waals surface area contributed by atoms with Crippen molar-refractivity contribution in [3.05, 3.63) is 33.6 Å². The fraction of sp³-hybridized carbons (Fsp3) is 0.143. The van der Waals surface area contributed by atoms with Crippen LogP contribution in [-0.2, 0) is 6.61 Å². The summed E-state index contributed by atoms with van der Waals surface area (Å²) in [6, 6.07) is 2.38. The lowest BCUT2D eigenvalue weighted by molar-refractivity contribution is 0.282. The maximum atomic E-state index is 12.6. The molecule has 4 heteroatoms. The van der Waals surface area contributed by atoms with Gasteiger partial charge in [0.15, 0.2) is 0 Å². The third-order valence-corrected chi connectivity index (χ3v) is 1.90. The average molecular weight is 195 g/mol. The van der Waals surface area contributed by atoms with Gasteiger partial charge in [-0.25, -0.2) is 4.39 Å². The molecular formula is C7H5Cl2FO. The molecule has 0 atom stereocenters. The van der Waals surface area contributed by atoms with E-state index in [4.69, 9.17) is 28.3 Å². The van der Waals surface area contributed by atoms with E-state index in [0.717, 1.165) is 6.07 Å². The third-order valence-electron chi connectivity index (χ3n) is 1.26. The summed E-state index contributed by atoms with van der Waals surface area (Å²) in [5.74, 6) is -0.575. The topological polar surface area (TPSA) is 20.2 Å². The summed E-state index contributed by atoms with van der Waals surface area (Å²) in [6.07, 6.45) is 0. The van der Waals surface area contributed by atoms with Gasteiger partial charge in [0, 0.05) is 5.02 Å². The number of aliphatic hydroxyl groups excluding tert-OH is 1. The van der Waals surface area contributed by atoms with Gasteiger partial charge in [0.2, 0.25) is 0 Å². The molecule has 0 radical (unpaired) electrons. The van der Waals surface area contributed by atoms with Crippen LogP contribution in [0.3, 0.4) is 0 Å². The molecule has 0 aromatic heterocycles. The van der Waals surface area contributed by atoms with Crippen molar-refractivity contribution in [1.29, 1.82) is 0 Å². The first-order chi connectivity index (χ1) is 5.15. The number of hydrogen-bond donors (Lipinski definition) is 1. The summed E-state index contributed by atoms with van der Waals surface area (Å²) >= 11 is 11.0. The zero-order valence-corrected chi connectivity index (χ0v) is 6.95. The maximum Gasteiger partial charge on any atom is 0.143 e. The molecule has 11 heavy (non-hydrogen) atoms. The largest absolute Gasteiger partial charge is 0.392 e. The van der Waals surface area contributed by atoms with Crippen LogP contribution >= 0.6 is 23.2 Å². The Morgan fingerprint density at radius 2 is 1.91 bits per heavy atom. The number of rotatable bonds is 1. The van der Waals surface area contributed by atoms with Gasteiger partial charge in [-0.3, -0.25) is 0 Å². The Kier molecular flexibility index (Phi) is 2.71. The Balaban J connectivity index is 3.21. The van der Waals surface area contributed by atoms with E-state index in [0.29, 0.717) is 5.56 Å². The minimum absolute atomic E-state index is 0.0292. The van der Waals surface area contributed by atoms with Gasteiger partial charge in [0.25, 0.3) is 0 Å². The van der Waals surface area contributed by atoms with Crippen molar-refractivity contribution in [3.8, 4) is 0 Å². The van der Waals surface area contributed by atoms with Crippen LogP contribution in [0.1, 0.15) is 5.56 Å². The summed E-state index contributed by atoms with van der Waals surface area (Å²) < 4.78 is 12.6. The standard InChI is InChI=1S/C7H5Cl2FO/c8-5-2-7(10)6(9)1-4(5)3-11/h1-2,11H,3H2. The second kappa shape index (κ2) is 3.39. The van der Waals surface area contributed by atoms with Crippen LogP contribution in [0.5, 0.6) is 0 Å². The van der Waals surface area contributed by atoms with Gasteiger partial charge < -0.3 is 5.11 Å². The van der Waals surface area contributed by atoms with Crippen LogP contribution in [-0.4, -0.2) is 5.11 Å². The molecule has 0 spiro atoms. The highest BCUT2D eigenvalue weighted by molar-refractivity contribution is 6.33. The zero-order valence-electron chi connectivity index (χ0n) is 5.44. The highest BCUT2D eigenvalue weighted by atomic mass is 35.5. The molecule has 0 heterocycles. The van der Waals surface area contributed by atoms with E-state index in [9.17, 15) is 4.39 Å². The summed E-state index contributed by atoms with van der Waals surface area (Å²) in [7, 11) is 0. The third kappa shape index (κ3) is 1.83. The molecule has 0 aliphatic rings. The summed E-state index contributed by atoms with van der Waals surface area (Å²) in [4.78, 5) is 0. The van der Waals surface area contributed by atoms with Gasteiger partial charge in [-0.05, 0) is 17.7 Å². The Morgan fingerprint density at radius 3 is 2.45 bits per heavy atom. The molecule has 1 N–H and O–H groups in total. The molecule has 1 nitrogen and oxygen atoms in total. The van der Waals surface area contributed by atoms with Crippen LogP contribution in [0.25, 0.3) is 0 Å². The highest BCUT2D eigenvalue weighted by Gasteiger charge is 2.05. The van der Waals surface area contributed by atoms with Crippen molar-refractivity contribution < 1.29 is 9.50 Å². The Morgan fingerprint density at radius 1 is 1.27 bits per heavy atom. The molecule has 0 bridgehead atoms. The first-order valence-corrected chi connectivity index (χ1v) is 3.65. The van der Waals surface area contributed by atoms with Crippen LogP contribution in [0.15, 0.2) is 12.1 Å². The molecule has 0 unspecified atom stereocenters. The minimum atomic E-state index is -0.575. The molecule has 1 aromatic carbocycles. The zero-order chi connectivity index (χ0) is 8.43. The molecule has 0 amide bonds. The van der Waals surface area contributed by atoms with E-state index >= 15 is 0 Å². The summed E-state index contributed by atoms with van der Waals surface area (Å²) in [6.45, 7) is -0.237. The second-order valence-electron chi connectivity index (χ2n) is 2.02. The first kappa shape index (κ1) is 8.78. The number of aliphatic hydroxyl groups is 1. The van der Waals surface area contributed by atoms with Crippen molar-refractivity contribution >= 4 is 23.2 Å². The maximum absolute atomic E-state index is 12.6. The number of benzene rings is 1. The van der Waals surface area contributed by atoms with Gasteiger partial charge >= 0.3 is 0 Å². The minimum Gasteiger partial charge on any atom is -0.392 e. The van der Waals surface area contributed by atoms with Gasteiger partial charge in [-0.15, -0.1) is 0 Å². The molecule has 0 fully saturated rings. The SMILES string of the molecule is OCc1cc(Cl)c(F)cc1Cl. The van der Waals surface area contributed by atoms with E-state index in [-0.39, 0.29) is 16.7 Å². The highest BCUT2D eigenvalue weighted by Crippen LogP contribution is 2.23.